The second-order valence-electron chi connectivity index (χ2n) is 14.1. The molecule has 0 fully saturated rings. The van der Waals surface area contributed by atoms with Crippen molar-refractivity contribution in [2.75, 3.05) is 4.90 Å². The molecule has 0 atom stereocenters. The highest BCUT2D eigenvalue weighted by Gasteiger charge is 2.20. The Morgan fingerprint density at radius 1 is 0.382 bits per heavy atom. The molecule has 2 heterocycles. The Morgan fingerprint density at radius 2 is 0.909 bits per heavy atom. The number of rotatable bonds is 6. The number of hydrogen-bond donors (Lipinski definition) is 0. The molecule has 0 bridgehead atoms. The maximum absolute atomic E-state index is 6.51. The maximum atomic E-state index is 6.51. The second-order valence-corrected chi connectivity index (χ2v) is 14.1. The van der Waals surface area contributed by atoms with Crippen LogP contribution in [0.1, 0.15) is 0 Å². The summed E-state index contributed by atoms with van der Waals surface area (Å²) < 4.78 is 8.92. The average molecular weight is 703 g/mol. The van der Waals surface area contributed by atoms with Gasteiger partial charge in [-0.05, 0) is 71.1 Å². The van der Waals surface area contributed by atoms with Gasteiger partial charge in [-0.15, -0.1) is 0 Å². The van der Waals surface area contributed by atoms with Gasteiger partial charge in [0.25, 0.3) is 0 Å². The standard InChI is InChI=1S/C52H34N2O/c1-2-21-40-35(15-1)16-13-31-47(40)53(39-20-12-18-37(34-39)42-26-14-27-46-45-25-6-10-32-51(45)55-52(42)46)38-19-11-17-36(33-38)41-22-3-7-28-48(41)54-49-29-8-4-23-43(49)44-24-5-9-30-50(44)54/h1-34H. The monoisotopic (exact) mass is 702 g/mol. The molecule has 0 aliphatic heterocycles. The van der Waals surface area contributed by atoms with Crippen molar-refractivity contribution in [3.63, 3.8) is 0 Å². The van der Waals surface area contributed by atoms with E-state index in [4.69, 9.17) is 4.42 Å². The molecule has 0 aliphatic rings. The zero-order chi connectivity index (χ0) is 36.3. The summed E-state index contributed by atoms with van der Waals surface area (Å²) >= 11 is 0. The summed E-state index contributed by atoms with van der Waals surface area (Å²) in [7, 11) is 0. The number of furan rings is 1. The fourth-order valence-corrected chi connectivity index (χ4v) is 8.52. The van der Waals surface area contributed by atoms with Gasteiger partial charge < -0.3 is 13.9 Å². The number of hydrogen-bond acceptors (Lipinski definition) is 2. The first-order valence-corrected chi connectivity index (χ1v) is 18.8. The lowest BCUT2D eigenvalue weighted by Crippen LogP contribution is -2.11. The van der Waals surface area contributed by atoms with Crippen molar-refractivity contribution in [2.45, 2.75) is 0 Å². The van der Waals surface area contributed by atoms with E-state index in [0.29, 0.717) is 0 Å². The average Bonchev–Trinajstić information content (AvgIpc) is 3.80. The lowest BCUT2D eigenvalue weighted by Gasteiger charge is -2.28. The molecule has 2 aromatic heterocycles. The van der Waals surface area contributed by atoms with Crippen molar-refractivity contribution in [3.05, 3.63) is 206 Å². The minimum absolute atomic E-state index is 0.900. The van der Waals surface area contributed by atoms with Gasteiger partial charge >= 0.3 is 0 Å². The van der Waals surface area contributed by atoms with Gasteiger partial charge in [0.15, 0.2) is 0 Å². The van der Waals surface area contributed by atoms with Gasteiger partial charge in [0.2, 0.25) is 0 Å². The van der Waals surface area contributed by atoms with Crippen molar-refractivity contribution in [2.24, 2.45) is 0 Å². The smallest absolute Gasteiger partial charge is 0.143 e. The first-order valence-electron chi connectivity index (χ1n) is 18.8. The number of benzene rings is 9. The third-order valence-electron chi connectivity index (χ3n) is 11.0. The first-order chi connectivity index (χ1) is 27.3. The Labute approximate surface area is 318 Å². The molecule has 0 saturated heterocycles. The van der Waals surface area contributed by atoms with Crippen molar-refractivity contribution in [1.82, 2.24) is 4.57 Å². The van der Waals surface area contributed by atoms with Crippen LogP contribution in [0.5, 0.6) is 0 Å². The largest absolute Gasteiger partial charge is 0.455 e. The molecule has 0 saturated carbocycles. The molecule has 0 aliphatic carbocycles. The molecule has 258 valence electrons. The van der Waals surface area contributed by atoms with Crippen molar-refractivity contribution in [1.29, 1.82) is 0 Å². The number of fused-ring (bicyclic) bond motifs is 7. The van der Waals surface area contributed by atoms with E-state index in [9.17, 15) is 0 Å². The number of anilines is 3. The van der Waals surface area contributed by atoms with Crippen LogP contribution in [0.4, 0.5) is 17.1 Å². The summed E-state index contributed by atoms with van der Waals surface area (Å²) in [5.41, 5.74) is 13.1. The number of nitrogens with zero attached hydrogens (tertiary/aromatic N) is 2. The molecule has 55 heavy (non-hydrogen) atoms. The molecular weight excluding hydrogens is 669 g/mol. The van der Waals surface area contributed by atoms with E-state index in [1.54, 1.807) is 0 Å². The van der Waals surface area contributed by atoms with E-state index in [1.807, 2.05) is 12.1 Å². The minimum Gasteiger partial charge on any atom is -0.455 e. The molecular formula is C52H34N2O. The SMILES string of the molecule is c1cc(-c2ccccc2-n2c3ccccc3c3ccccc32)cc(N(c2cccc(-c3cccc4c3oc3ccccc34)c2)c2cccc3ccccc23)c1. The van der Waals surface area contributed by atoms with Crippen molar-refractivity contribution < 1.29 is 4.42 Å². The molecule has 11 rings (SSSR count). The molecule has 3 heteroatoms. The summed E-state index contributed by atoms with van der Waals surface area (Å²) in [5, 5.41) is 7.14. The summed E-state index contributed by atoms with van der Waals surface area (Å²) in [6.45, 7) is 0. The second kappa shape index (κ2) is 12.6. The van der Waals surface area contributed by atoms with Gasteiger partial charge in [-0.25, -0.2) is 0 Å². The summed E-state index contributed by atoms with van der Waals surface area (Å²) in [6.07, 6.45) is 0. The predicted molar refractivity (Wildman–Crippen MR) is 231 cm³/mol. The number of aromatic nitrogens is 1. The predicted octanol–water partition coefficient (Wildman–Crippen LogP) is 14.6. The van der Waals surface area contributed by atoms with Crippen LogP contribution in [0.15, 0.2) is 211 Å². The highest BCUT2D eigenvalue weighted by atomic mass is 16.3. The van der Waals surface area contributed by atoms with Gasteiger partial charge in [-0.1, -0.05) is 152 Å². The van der Waals surface area contributed by atoms with Crippen molar-refractivity contribution >= 4 is 71.6 Å². The Hall–Kier alpha value is -7.36. The van der Waals surface area contributed by atoms with E-state index in [-0.39, 0.29) is 0 Å². The minimum atomic E-state index is 0.900. The fraction of sp³-hybridized carbons (Fsp3) is 0. The summed E-state index contributed by atoms with van der Waals surface area (Å²) in [6, 6.07) is 74.0. The zero-order valence-electron chi connectivity index (χ0n) is 29.9. The third-order valence-corrected chi connectivity index (χ3v) is 11.0. The van der Waals surface area contributed by atoms with E-state index < -0.39 is 0 Å². The van der Waals surface area contributed by atoms with Crippen LogP contribution in [-0.4, -0.2) is 4.57 Å². The van der Waals surface area contributed by atoms with Gasteiger partial charge in [-0.3, -0.25) is 0 Å². The topological polar surface area (TPSA) is 21.3 Å². The van der Waals surface area contributed by atoms with Gasteiger partial charge in [0, 0.05) is 49.4 Å². The molecule has 3 nitrogen and oxygen atoms in total. The Balaban J connectivity index is 1.11. The Bertz CT molecular complexity index is 3180. The van der Waals surface area contributed by atoms with E-state index in [0.717, 1.165) is 61.4 Å². The van der Waals surface area contributed by atoms with Crippen LogP contribution in [-0.2, 0) is 0 Å². The third kappa shape index (κ3) is 5.05. The molecule has 0 spiro atoms. The van der Waals surface area contributed by atoms with E-state index in [2.05, 4.69) is 204 Å². The van der Waals surface area contributed by atoms with E-state index >= 15 is 0 Å². The van der Waals surface area contributed by atoms with Crippen LogP contribution < -0.4 is 4.90 Å². The number of para-hydroxylation sites is 5. The van der Waals surface area contributed by atoms with Crippen LogP contribution in [0.2, 0.25) is 0 Å². The quantitative estimate of drug-likeness (QED) is 0.172. The van der Waals surface area contributed by atoms with Crippen LogP contribution in [0.3, 0.4) is 0 Å². The molecule has 9 aromatic carbocycles. The van der Waals surface area contributed by atoms with E-state index in [1.165, 1.54) is 38.1 Å². The van der Waals surface area contributed by atoms with Crippen LogP contribution in [0, 0.1) is 0 Å². The van der Waals surface area contributed by atoms with Crippen molar-refractivity contribution in [3.8, 4) is 27.9 Å². The van der Waals surface area contributed by atoms with Crippen LogP contribution >= 0.6 is 0 Å². The molecule has 0 N–H and O–H groups in total. The molecule has 0 amide bonds. The zero-order valence-corrected chi connectivity index (χ0v) is 29.9. The Kier molecular flexibility index (Phi) is 7.17. The molecule has 0 radical (unpaired) electrons. The molecule has 0 unspecified atom stereocenters. The lowest BCUT2D eigenvalue weighted by atomic mass is 9.99. The summed E-state index contributed by atoms with van der Waals surface area (Å²) in [4.78, 5) is 2.40. The fourth-order valence-electron chi connectivity index (χ4n) is 8.52. The molecule has 11 aromatic rings. The summed E-state index contributed by atoms with van der Waals surface area (Å²) in [5.74, 6) is 0. The first kappa shape index (κ1) is 31.2. The van der Waals surface area contributed by atoms with Gasteiger partial charge in [0.05, 0.1) is 22.4 Å². The van der Waals surface area contributed by atoms with Crippen LogP contribution in [0.25, 0.3) is 82.5 Å². The normalized spacial score (nSPS) is 11.6. The highest BCUT2D eigenvalue weighted by molar-refractivity contribution is 6.11. The van der Waals surface area contributed by atoms with Gasteiger partial charge in [-0.2, -0.15) is 0 Å². The Morgan fingerprint density at radius 3 is 1.67 bits per heavy atom. The maximum Gasteiger partial charge on any atom is 0.143 e. The lowest BCUT2D eigenvalue weighted by molar-refractivity contribution is 0.670. The highest BCUT2D eigenvalue weighted by Crippen LogP contribution is 2.44. The van der Waals surface area contributed by atoms with Gasteiger partial charge in [0.1, 0.15) is 11.2 Å².